The van der Waals surface area contributed by atoms with Gasteiger partial charge in [-0.05, 0) is 29.5 Å². The van der Waals surface area contributed by atoms with Crippen LogP contribution in [-0.2, 0) is 16.3 Å². The van der Waals surface area contributed by atoms with Crippen molar-refractivity contribution >= 4 is 39.2 Å². The third-order valence-electron chi connectivity index (χ3n) is 0.668. The molecular formula is C4H10ClOPS2. The van der Waals surface area contributed by atoms with Gasteiger partial charge >= 0.3 is 0 Å². The third-order valence-corrected chi connectivity index (χ3v) is 6.61. The third kappa shape index (κ3) is 5.68. The van der Waals surface area contributed by atoms with Crippen LogP contribution in [0.2, 0.25) is 0 Å². The fourth-order valence-corrected chi connectivity index (χ4v) is 3.57. The number of halogens is 1. The van der Waals surface area contributed by atoms with Gasteiger partial charge in [-0.15, -0.1) is 0 Å². The molecular weight excluding hydrogens is 195 g/mol. The van der Waals surface area contributed by atoms with Gasteiger partial charge in [0, 0.05) is 12.9 Å². The van der Waals surface area contributed by atoms with Crippen LogP contribution >= 0.6 is 27.4 Å². The molecule has 0 saturated heterocycles. The molecule has 0 fully saturated rings. The molecule has 1 atom stereocenters. The minimum absolute atomic E-state index is 0.995. The van der Waals surface area contributed by atoms with Crippen molar-refractivity contribution in [2.45, 2.75) is 13.3 Å². The monoisotopic (exact) mass is 204 g/mol. The van der Waals surface area contributed by atoms with Crippen LogP contribution in [-0.4, -0.2) is 12.9 Å². The van der Waals surface area contributed by atoms with Crippen molar-refractivity contribution in [3.05, 3.63) is 0 Å². The molecule has 0 aromatic heterocycles. The van der Waals surface area contributed by atoms with Crippen molar-refractivity contribution in [3.63, 3.8) is 0 Å². The van der Waals surface area contributed by atoms with E-state index in [4.69, 9.17) is 27.6 Å². The van der Waals surface area contributed by atoms with Gasteiger partial charge in [0.05, 0.1) is 0 Å². The number of hydrogen-bond acceptors (Lipinski definition) is 3. The Morgan fingerprint density at radius 2 is 2.33 bits per heavy atom. The molecule has 1 unspecified atom stereocenters. The summed E-state index contributed by atoms with van der Waals surface area (Å²) in [5.74, 6) is 0.995. The quantitative estimate of drug-likeness (QED) is 0.651. The molecule has 0 aromatic rings. The summed E-state index contributed by atoms with van der Waals surface area (Å²) in [7, 11) is 1.57. The van der Waals surface area contributed by atoms with Crippen LogP contribution in [0.4, 0.5) is 0 Å². The van der Waals surface area contributed by atoms with Gasteiger partial charge in [0.1, 0.15) is 0 Å². The molecule has 0 rings (SSSR count). The molecule has 9 heavy (non-hydrogen) atoms. The van der Waals surface area contributed by atoms with Gasteiger partial charge < -0.3 is 4.52 Å². The first-order valence-corrected chi connectivity index (χ1v) is 7.84. The lowest BCUT2D eigenvalue weighted by Gasteiger charge is -2.08. The van der Waals surface area contributed by atoms with E-state index in [1.165, 1.54) is 0 Å². The normalized spacial score (nSPS) is 17.2. The Hall–Kier alpha value is 1.25. The minimum atomic E-state index is -1.97. The molecule has 0 radical (unpaired) electrons. The van der Waals surface area contributed by atoms with Crippen LogP contribution < -0.4 is 0 Å². The summed E-state index contributed by atoms with van der Waals surface area (Å²) in [5, 5.41) is 0. The lowest BCUT2D eigenvalue weighted by Crippen LogP contribution is -1.73. The molecule has 56 valence electrons. The van der Waals surface area contributed by atoms with Crippen molar-refractivity contribution < 1.29 is 4.52 Å². The molecule has 0 aliphatic carbocycles. The predicted molar refractivity (Wildman–Crippen MR) is 49.9 cm³/mol. The molecule has 0 heterocycles. The van der Waals surface area contributed by atoms with Crippen LogP contribution in [0.1, 0.15) is 13.3 Å². The van der Waals surface area contributed by atoms with Crippen molar-refractivity contribution in [1.29, 1.82) is 0 Å². The zero-order valence-corrected chi connectivity index (χ0v) is 8.75. The van der Waals surface area contributed by atoms with Gasteiger partial charge in [-0.2, -0.15) is 0 Å². The summed E-state index contributed by atoms with van der Waals surface area (Å²) in [6.07, 6.45) is 1.10. The first-order chi connectivity index (χ1) is 4.12. The standard InChI is InChI=1S/C4H10ClOPS2/c1-3-4-9-7(5,8)6-2/h3-4H2,1-2H3. The van der Waals surface area contributed by atoms with E-state index < -0.39 is 4.82 Å². The maximum atomic E-state index is 5.77. The first-order valence-electron chi connectivity index (χ1n) is 2.62. The second-order valence-electron chi connectivity index (χ2n) is 1.45. The van der Waals surface area contributed by atoms with Crippen LogP contribution in [0.25, 0.3) is 0 Å². The zero-order valence-electron chi connectivity index (χ0n) is 5.46. The van der Waals surface area contributed by atoms with E-state index >= 15 is 0 Å². The highest BCUT2D eigenvalue weighted by molar-refractivity contribution is 8.76. The van der Waals surface area contributed by atoms with Gasteiger partial charge in [0.15, 0.2) is 0 Å². The summed E-state index contributed by atoms with van der Waals surface area (Å²) in [4.78, 5) is -1.97. The molecule has 0 spiro atoms. The van der Waals surface area contributed by atoms with E-state index in [2.05, 4.69) is 6.92 Å². The van der Waals surface area contributed by atoms with Gasteiger partial charge in [-0.25, -0.2) is 0 Å². The largest absolute Gasteiger partial charge is 0.334 e. The van der Waals surface area contributed by atoms with Crippen LogP contribution in [0, 0.1) is 0 Å². The summed E-state index contributed by atoms with van der Waals surface area (Å²) in [6.45, 7) is 2.09. The fraction of sp³-hybridized carbons (Fsp3) is 1.00. The Morgan fingerprint density at radius 1 is 1.78 bits per heavy atom. The summed E-state index contributed by atoms with van der Waals surface area (Å²) < 4.78 is 4.89. The minimum Gasteiger partial charge on any atom is -0.334 e. The first kappa shape index (κ1) is 10.2. The van der Waals surface area contributed by atoms with E-state index in [0.717, 1.165) is 12.2 Å². The van der Waals surface area contributed by atoms with E-state index in [1.54, 1.807) is 18.5 Å². The molecule has 0 bridgehead atoms. The highest BCUT2D eigenvalue weighted by Crippen LogP contribution is 2.64. The lowest BCUT2D eigenvalue weighted by molar-refractivity contribution is 0.479. The highest BCUT2D eigenvalue weighted by atomic mass is 35.7. The zero-order chi connectivity index (χ0) is 7.33. The molecule has 0 aromatic carbocycles. The van der Waals surface area contributed by atoms with Crippen molar-refractivity contribution in [2.24, 2.45) is 0 Å². The SMILES string of the molecule is CCCSP(=S)(Cl)OC. The maximum absolute atomic E-state index is 5.77. The average molecular weight is 205 g/mol. The molecule has 0 amide bonds. The van der Waals surface area contributed by atoms with Gasteiger partial charge in [-0.1, -0.05) is 18.3 Å². The average Bonchev–Trinajstić information content (AvgIpc) is 1.84. The van der Waals surface area contributed by atoms with E-state index in [0.29, 0.717) is 0 Å². The summed E-state index contributed by atoms with van der Waals surface area (Å²) in [6, 6.07) is 0. The maximum Gasteiger partial charge on any atom is 0.207 e. The van der Waals surface area contributed by atoms with Gasteiger partial charge in [0.2, 0.25) is 4.82 Å². The van der Waals surface area contributed by atoms with Crippen LogP contribution in [0.3, 0.4) is 0 Å². The number of rotatable bonds is 4. The Bertz CT molecular complexity index is 119. The lowest BCUT2D eigenvalue weighted by atomic mass is 10.6. The van der Waals surface area contributed by atoms with E-state index in [-0.39, 0.29) is 0 Å². The Morgan fingerprint density at radius 3 is 2.67 bits per heavy atom. The molecule has 0 aliphatic rings. The van der Waals surface area contributed by atoms with Crippen molar-refractivity contribution in [2.75, 3.05) is 12.9 Å². The van der Waals surface area contributed by atoms with Crippen LogP contribution in [0.5, 0.6) is 0 Å². The number of hydrogen-bond donors (Lipinski definition) is 0. The Kier molecular flexibility index (Phi) is 5.67. The van der Waals surface area contributed by atoms with Gasteiger partial charge in [-0.3, -0.25) is 0 Å². The molecule has 0 saturated carbocycles. The van der Waals surface area contributed by atoms with Crippen LogP contribution in [0.15, 0.2) is 0 Å². The molecule has 0 aliphatic heterocycles. The second-order valence-corrected chi connectivity index (χ2v) is 10.5. The van der Waals surface area contributed by atoms with Crippen molar-refractivity contribution in [3.8, 4) is 0 Å². The molecule has 1 nitrogen and oxygen atoms in total. The molecule has 0 N–H and O–H groups in total. The predicted octanol–water partition coefficient (Wildman–Crippen LogP) is 3.24. The topological polar surface area (TPSA) is 9.23 Å². The van der Waals surface area contributed by atoms with E-state index in [1.807, 2.05) is 0 Å². The van der Waals surface area contributed by atoms with E-state index in [9.17, 15) is 0 Å². The summed E-state index contributed by atoms with van der Waals surface area (Å²) in [5.41, 5.74) is 0. The highest BCUT2D eigenvalue weighted by Gasteiger charge is 2.09. The fourth-order valence-electron chi connectivity index (χ4n) is 0.253. The van der Waals surface area contributed by atoms with Gasteiger partial charge in [0.25, 0.3) is 0 Å². The second kappa shape index (κ2) is 4.97. The summed E-state index contributed by atoms with van der Waals surface area (Å²) >= 11 is 12.2. The smallest absolute Gasteiger partial charge is 0.207 e. The molecule has 5 heteroatoms. The Balaban J connectivity index is 3.46. The van der Waals surface area contributed by atoms with Crippen molar-refractivity contribution in [1.82, 2.24) is 0 Å². The Labute approximate surface area is 70.1 Å².